The molecular formula is C21H21N3O4. The van der Waals surface area contributed by atoms with Crippen LogP contribution < -0.4 is 10.6 Å². The van der Waals surface area contributed by atoms with Gasteiger partial charge < -0.3 is 15.7 Å². The van der Waals surface area contributed by atoms with Crippen LogP contribution in [0.15, 0.2) is 60.3 Å². The Morgan fingerprint density at radius 3 is 2.64 bits per heavy atom. The summed E-state index contributed by atoms with van der Waals surface area (Å²) in [5.41, 5.74) is 2.82. The summed E-state index contributed by atoms with van der Waals surface area (Å²) >= 11 is 0. The average Bonchev–Trinajstić information content (AvgIpc) is 2.96. The molecule has 3 rings (SSSR count). The number of hydrogen-bond acceptors (Lipinski definition) is 5. The summed E-state index contributed by atoms with van der Waals surface area (Å²) in [5.74, 6) is -1.26. The number of para-hydroxylation sites is 1. The van der Waals surface area contributed by atoms with Crippen molar-refractivity contribution in [2.45, 2.75) is 13.3 Å². The molecule has 0 radical (unpaired) electrons. The van der Waals surface area contributed by atoms with Crippen molar-refractivity contribution >= 4 is 29.1 Å². The first-order chi connectivity index (χ1) is 13.5. The highest BCUT2D eigenvalue weighted by molar-refractivity contribution is 6.17. The summed E-state index contributed by atoms with van der Waals surface area (Å²) < 4.78 is 0. The van der Waals surface area contributed by atoms with Crippen molar-refractivity contribution in [2.75, 3.05) is 23.8 Å². The van der Waals surface area contributed by atoms with E-state index in [9.17, 15) is 14.4 Å². The number of carbonyl (C=O) groups excluding carboxylic acids is 3. The summed E-state index contributed by atoms with van der Waals surface area (Å²) in [7, 11) is 0. The quantitative estimate of drug-likeness (QED) is 0.641. The van der Waals surface area contributed by atoms with Crippen molar-refractivity contribution in [2.24, 2.45) is 0 Å². The Labute approximate surface area is 162 Å². The van der Waals surface area contributed by atoms with Crippen LogP contribution in [0.2, 0.25) is 0 Å². The zero-order valence-electron chi connectivity index (χ0n) is 15.4. The van der Waals surface area contributed by atoms with Gasteiger partial charge in [-0.3, -0.25) is 19.3 Å². The minimum absolute atomic E-state index is 0.0569. The second-order valence-corrected chi connectivity index (χ2v) is 6.25. The molecule has 2 aromatic rings. The Morgan fingerprint density at radius 1 is 1.11 bits per heavy atom. The van der Waals surface area contributed by atoms with Crippen LogP contribution in [-0.2, 0) is 16.0 Å². The maximum Gasteiger partial charge on any atom is 0.277 e. The third kappa shape index (κ3) is 4.10. The highest BCUT2D eigenvalue weighted by atomic mass is 16.3. The SMILES string of the molecule is CCc1ccccc1NC(=O)c1cccc(NC2=CC(=O)N(CCO)C2=O)c1. The van der Waals surface area contributed by atoms with Gasteiger partial charge >= 0.3 is 0 Å². The molecule has 28 heavy (non-hydrogen) atoms. The predicted octanol–water partition coefficient (Wildman–Crippen LogP) is 2.16. The first-order valence-corrected chi connectivity index (χ1v) is 8.98. The van der Waals surface area contributed by atoms with E-state index in [1.807, 2.05) is 31.2 Å². The second-order valence-electron chi connectivity index (χ2n) is 6.25. The Hall–Kier alpha value is -3.45. The number of benzene rings is 2. The maximum atomic E-state index is 12.6. The molecule has 0 atom stereocenters. The van der Waals surface area contributed by atoms with Crippen molar-refractivity contribution in [3.63, 3.8) is 0 Å². The first kappa shape index (κ1) is 19.3. The minimum atomic E-state index is -0.509. The third-order valence-corrected chi connectivity index (χ3v) is 4.38. The molecule has 3 amide bonds. The lowest BCUT2D eigenvalue weighted by Gasteiger charge is -2.14. The van der Waals surface area contributed by atoms with Gasteiger partial charge in [-0.05, 0) is 36.2 Å². The van der Waals surface area contributed by atoms with E-state index >= 15 is 0 Å². The van der Waals surface area contributed by atoms with Gasteiger partial charge in [0.2, 0.25) is 0 Å². The molecule has 1 aliphatic rings. The molecule has 1 aliphatic heterocycles. The van der Waals surface area contributed by atoms with Gasteiger partial charge in [-0.1, -0.05) is 31.2 Å². The fourth-order valence-corrected chi connectivity index (χ4v) is 2.95. The van der Waals surface area contributed by atoms with Crippen LogP contribution in [0, 0.1) is 0 Å². The van der Waals surface area contributed by atoms with E-state index in [1.54, 1.807) is 24.3 Å². The number of carbonyl (C=O) groups is 3. The molecule has 0 aromatic heterocycles. The molecular weight excluding hydrogens is 358 g/mol. The van der Waals surface area contributed by atoms with Crippen LogP contribution in [0.5, 0.6) is 0 Å². The summed E-state index contributed by atoms with van der Waals surface area (Å²) in [5, 5.41) is 14.7. The van der Waals surface area contributed by atoms with Gasteiger partial charge in [-0.25, -0.2) is 0 Å². The number of rotatable bonds is 7. The molecule has 0 aliphatic carbocycles. The lowest BCUT2D eigenvalue weighted by molar-refractivity contribution is -0.137. The molecule has 0 saturated carbocycles. The summed E-state index contributed by atoms with van der Waals surface area (Å²) in [6.45, 7) is 1.66. The molecule has 0 bridgehead atoms. The minimum Gasteiger partial charge on any atom is -0.395 e. The summed E-state index contributed by atoms with van der Waals surface area (Å²) in [6, 6.07) is 14.3. The molecule has 0 spiro atoms. The van der Waals surface area contributed by atoms with E-state index in [2.05, 4.69) is 10.6 Å². The van der Waals surface area contributed by atoms with Crippen LogP contribution in [0.4, 0.5) is 11.4 Å². The van der Waals surface area contributed by atoms with Crippen molar-refractivity contribution in [3.8, 4) is 0 Å². The zero-order valence-corrected chi connectivity index (χ0v) is 15.4. The largest absolute Gasteiger partial charge is 0.395 e. The van der Waals surface area contributed by atoms with E-state index in [-0.39, 0.29) is 24.8 Å². The number of aryl methyl sites for hydroxylation is 1. The van der Waals surface area contributed by atoms with E-state index in [1.165, 1.54) is 6.08 Å². The molecule has 7 heteroatoms. The number of nitrogens with one attached hydrogen (secondary N) is 2. The van der Waals surface area contributed by atoms with Gasteiger partial charge in [0, 0.05) is 23.0 Å². The number of anilines is 2. The van der Waals surface area contributed by atoms with Crippen molar-refractivity contribution < 1.29 is 19.5 Å². The van der Waals surface area contributed by atoms with Gasteiger partial charge in [-0.2, -0.15) is 0 Å². The van der Waals surface area contributed by atoms with Crippen molar-refractivity contribution in [3.05, 3.63) is 71.4 Å². The molecule has 7 nitrogen and oxygen atoms in total. The number of β-amino-alcohol motifs (C(OH)–C–C–N with tert-alkyl or cyclic N) is 1. The topological polar surface area (TPSA) is 98.7 Å². The Bertz CT molecular complexity index is 952. The highest BCUT2D eigenvalue weighted by Gasteiger charge is 2.30. The van der Waals surface area contributed by atoms with Gasteiger partial charge in [0.15, 0.2) is 0 Å². The van der Waals surface area contributed by atoms with Gasteiger partial charge in [0.05, 0.1) is 13.2 Å². The standard InChI is InChI=1S/C21H21N3O4/c1-2-14-6-3-4-9-17(14)23-20(27)15-7-5-8-16(12-15)22-18-13-19(26)24(10-11-25)21(18)28/h3-9,12-13,22,25H,2,10-11H2,1H3,(H,23,27). The lowest BCUT2D eigenvalue weighted by Crippen LogP contribution is -2.34. The van der Waals surface area contributed by atoms with Crippen LogP contribution in [0.1, 0.15) is 22.8 Å². The zero-order chi connectivity index (χ0) is 20.1. The van der Waals surface area contributed by atoms with Crippen LogP contribution >= 0.6 is 0 Å². The molecule has 144 valence electrons. The molecule has 3 N–H and O–H groups in total. The normalized spacial score (nSPS) is 13.5. The lowest BCUT2D eigenvalue weighted by atomic mass is 10.1. The Balaban J connectivity index is 1.74. The first-order valence-electron chi connectivity index (χ1n) is 8.98. The summed E-state index contributed by atoms with van der Waals surface area (Å²) in [4.78, 5) is 37.6. The van der Waals surface area contributed by atoms with E-state index in [0.29, 0.717) is 11.3 Å². The average molecular weight is 379 g/mol. The van der Waals surface area contributed by atoms with Gasteiger partial charge in [0.25, 0.3) is 17.7 Å². The molecule has 2 aromatic carbocycles. The third-order valence-electron chi connectivity index (χ3n) is 4.38. The number of aliphatic hydroxyl groups is 1. The number of imide groups is 1. The van der Waals surface area contributed by atoms with Crippen LogP contribution in [-0.4, -0.2) is 40.9 Å². The predicted molar refractivity (Wildman–Crippen MR) is 106 cm³/mol. The number of nitrogens with zero attached hydrogens (tertiary/aromatic N) is 1. The van der Waals surface area contributed by atoms with Crippen LogP contribution in [0.25, 0.3) is 0 Å². The highest BCUT2D eigenvalue weighted by Crippen LogP contribution is 2.20. The Kier molecular flexibility index (Phi) is 5.86. The Morgan fingerprint density at radius 2 is 1.89 bits per heavy atom. The fraction of sp³-hybridized carbons (Fsp3) is 0.190. The van der Waals surface area contributed by atoms with Crippen molar-refractivity contribution in [1.82, 2.24) is 4.90 Å². The molecule has 1 heterocycles. The molecule has 0 saturated heterocycles. The van der Waals surface area contributed by atoms with Crippen molar-refractivity contribution in [1.29, 1.82) is 0 Å². The fourth-order valence-electron chi connectivity index (χ4n) is 2.95. The van der Waals surface area contributed by atoms with Gasteiger partial charge in [-0.15, -0.1) is 0 Å². The monoisotopic (exact) mass is 379 g/mol. The van der Waals surface area contributed by atoms with Crippen LogP contribution in [0.3, 0.4) is 0 Å². The van der Waals surface area contributed by atoms with E-state index in [4.69, 9.17) is 5.11 Å². The summed E-state index contributed by atoms with van der Waals surface area (Å²) in [6.07, 6.45) is 1.98. The molecule has 0 fully saturated rings. The number of aliphatic hydroxyl groups excluding tert-OH is 1. The number of hydrogen-bond donors (Lipinski definition) is 3. The number of amides is 3. The van der Waals surface area contributed by atoms with E-state index in [0.717, 1.165) is 22.6 Å². The second kappa shape index (κ2) is 8.49. The van der Waals surface area contributed by atoms with E-state index < -0.39 is 11.8 Å². The maximum absolute atomic E-state index is 12.6. The van der Waals surface area contributed by atoms with Gasteiger partial charge in [0.1, 0.15) is 5.70 Å². The molecule has 0 unspecified atom stereocenters. The smallest absolute Gasteiger partial charge is 0.277 e.